The molecule has 0 saturated carbocycles. The van der Waals surface area contributed by atoms with Crippen molar-refractivity contribution in [2.75, 3.05) is 13.6 Å². The number of aromatic nitrogens is 2. The van der Waals surface area contributed by atoms with Gasteiger partial charge in [0.05, 0.1) is 0 Å². The van der Waals surface area contributed by atoms with Gasteiger partial charge in [0.2, 0.25) is 0 Å². The Balaban J connectivity index is 2.39. The molecule has 17 heavy (non-hydrogen) atoms. The van der Waals surface area contributed by atoms with Crippen molar-refractivity contribution >= 4 is 5.84 Å². The Morgan fingerprint density at radius 2 is 2.41 bits per heavy atom. The lowest BCUT2D eigenvalue weighted by Crippen LogP contribution is -2.35. The first-order valence-corrected chi connectivity index (χ1v) is 5.69. The van der Waals surface area contributed by atoms with E-state index in [1.54, 1.807) is 6.20 Å². The zero-order valence-electron chi connectivity index (χ0n) is 10.7. The molecule has 0 aliphatic carbocycles. The summed E-state index contributed by atoms with van der Waals surface area (Å²) in [6.45, 7) is 5.83. The predicted molar refractivity (Wildman–Crippen MR) is 67.1 cm³/mol. The van der Waals surface area contributed by atoms with E-state index in [1.165, 1.54) is 0 Å². The summed E-state index contributed by atoms with van der Waals surface area (Å²) in [6, 6.07) is 0.245. The van der Waals surface area contributed by atoms with E-state index in [4.69, 9.17) is 10.9 Å². The summed E-state index contributed by atoms with van der Waals surface area (Å²) in [4.78, 5) is 6.35. The van der Waals surface area contributed by atoms with Gasteiger partial charge in [-0.15, -0.1) is 0 Å². The van der Waals surface area contributed by atoms with E-state index in [9.17, 15) is 0 Å². The molecule has 3 N–H and O–H groups in total. The van der Waals surface area contributed by atoms with Gasteiger partial charge < -0.3 is 20.4 Å². The maximum Gasteiger partial charge on any atom is 0.140 e. The van der Waals surface area contributed by atoms with Crippen LogP contribution in [0, 0.1) is 6.92 Å². The number of likely N-dealkylation sites (N-methyl/N-ethyl adjacent to an activating group) is 1. The normalized spacial score (nSPS) is 14.2. The van der Waals surface area contributed by atoms with Crippen LogP contribution in [0.1, 0.15) is 19.2 Å². The Kier molecular flexibility index (Phi) is 4.96. The molecule has 0 aromatic carbocycles. The highest BCUT2D eigenvalue weighted by Crippen LogP contribution is 2.02. The van der Waals surface area contributed by atoms with Crippen molar-refractivity contribution in [3.63, 3.8) is 0 Å². The number of hydrogen-bond acceptors (Lipinski definition) is 4. The van der Waals surface area contributed by atoms with Crippen LogP contribution in [0.2, 0.25) is 0 Å². The van der Waals surface area contributed by atoms with Crippen LogP contribution >= 0.6 is 0 Å². The maximum absolute atomic E-state index is 8.51. The molecular weight excluding hydrogens is 218 g/mol. The van der Waals surface area contributed by atoms with Crippen molar-refractivity contribution in [1.82, 2.24) is 14.5 Å². The Morgan fingerprint density at radius 1 is 1.71 bits per heavy atom. The van der Waals surface area contributed by atoms with Crippen molar-refractivity contribution in [1.29, 1.82) is 0 Å². The van der Waals surface area contributed by atoms with Gasteiger partial charge >= 0.3 is 0 Å². The second kappa shape index (κ2) is 6.24. The summed E-state index contributed by atoms with van der Waals surface area (Å²) in [5.41, 5.74) is 5.48. The second-order valence-electron chi connectivity index (χ2n) is 4.29. The summed E-state index contributed by atoms with van der Waals surface area (Å²) >= 11 is 0. The number of nitrogens with zero attached hydrogens (tertiary/aromatic N) is 4. The monoisotopic (exact) mass is 239 g/mol. The summed E-state index contributed by atoms with van der Waals surface area (Å²) in [7, 11) is 2.03. The fraction of sp³-hybridized carbons (Fsp3) is 0.636. The SMILES string of the molecule is Cc1nccn1CCN(C)C(C)CC(N)=NO. The average molecular weight is 239 g/mol. The van der Waals surface area contributed by atoms with Gasteiger partial charge in [0.15, 0.2) is 0 Å². The zero-order valence-corrected chi connectivity index (χ0v) is 10.7. The molecule has 6 heteroatoms. The zero-order chi connectivity index (χ0) is 12.8. The molecule has 0 aliphatic heterocycles. The van der Waals surface area contributed by atoms with E-state index in [-0.39, 0.29) is 11.9 Å². The molecule has 1 aromatic rings. The minimum Gasteiger partial charge on any atom is -0.409 e. The number of rotatable bonds is 6. The first-order valence-electron chi connectivity index (χ1n) is 5.69. The molecule has 0 spiro atoms. The number of imidazole rings is 1. The topological polar surface area (TPSA) is 79.7 Å². The molecule has 6 nitrogen and oxygen atoms in total. The van der Waals surface area contributed by atoms with Gasteiger partial charge in [-0.1, -0.05) is 5.16 Å². The standard InChI is InChI=1S/C11H21N5O/c1-9(8-11(12)14-17)15(3)6-7-16-5-4-13-10(16)2/h4-5,9,17H,6-8H2,1-3H3,(H2,12,14). The smallest absolute Gasteiger partial charge is 0.140 e. The van der Waals surface area contributed by atoms with E-state index in [2.05, 4.69) is 26.5 Å². The van der Waals surface area contributed by atoms with E-state index >= 15 is 0 Å². The lowest BCUT2D eigenvalue weighted by molar-refractivity contribution is 0.248. The number of aryl methyl sites for hydroxylation is 1. The molecule has 1 aromatic heterocycles. The largest absolute Gasteiger partial charge is 0.409 e. The molecule has 0 bridgehead atoms. The molecule has 1 atom stereocenters. The van der Waals surface area contributed by atoms with Gasteiger partial charge in [-0.3, -0.25) is 0 Å². The van der Waals surface area contributed by atoms with Crippen LogP contribution < -0.4 is 5.73 Å². The molecule has 0 radical (unpaired) electrons. The highest BCUT2D eigenvalue weighted by Gasteiger charge is 2.11. The van der Waals surface area contributed by atoms with Crippen molar-refractivity contribution < 1.29 is 5.21 Å². The quantitative estimate of drug-likeness (QED) is 0.330. The molecule has 0 fully saturated rings. The van der Waals surface area contributed by atoms with Crippen molar-refractivity contribution in [2.45, 2.75) is 32.9 Å². The first-order chi connectivity index (χ1) is 8.04. The second-order valence-corrected chi connectivity index (χ2v) is 4.29. The van der Waals surface area contributed by atoms with Gasteiger partial charge in [0.1, 0.15) is 11.7 Å². The highest BCUT2D eigenvalue weighted by molar-refractivity contribution is 5.80. The predicted octanol–water partition coefficient (Wildman–Crippen LogP) is 0.648. The van der Waals surface area contributed by atoms with Crippen LogP contribution in [0.4, 0.5) is 0 Å². The third-order valence-corrected chi connectivity index (χ3v) is 3.00. The van der Waals surface area contributed by atoms with Crippen LogP contribution in [0.3, 0.4) is 0 Å². The minimum atomic E-state index is 0.245. The third kappa shape index (κ3) is 4.07. The molecular formula is C11H21N5O. The van der Waals surface area contributed by atoms with Gasteiger partial charge in [0, 0.05) is 37.9 Å². The highest BCUT2D eigenvalue weighted by atomic mass is 16.4. The Labute approximate surface area is 102 Å². The Bertz CT molecular complexity index is 374. The van der Waals surface area contributed by atoms with Gasteiger partial charge in [0.25, 0.3) is 0 Å². The van der Waals surface area contributed by atoms with E-state index in [0.717, 1.165) is 18.9 Å². The summed E-state index contributed by atoms with van der Waals surface area (Å²) in [6.07, 6.45) is 4.34. The number of oxime groups is 1. The van der Waals surface area contributed by atoms with Crippen LogP contribution in [-0.4, -0.2) is 45.1 Å². The minimum absolute atomic E-state index is 0.245. The Hall–Kier alpha value is -1.56. The fourth-order valence-corrected chi connectivity index (χ4v) is 1.63. The third-order valence-electron chi connectivity index (χ3n) is 3.00. The molecule has 0 aliphatic rings. The first kappa shape index (κ1) is 13.5. The van der Waals surface area contributed by atoms with Crippen molar-refractivity contribution in [3.05, 3.63) is 18.2 Å². The van der Waals surface area contributed by atoms with Crippen molar-refractivity contribution in [2.24, 2.45) is 10.9 Å². The molecule has 0 amide bonds. The lowest BCUT2D eigenvalue weighted by Gasteiger charge is -2.24. The molecule has 1 unspecified atom stereocenters. The van der Waals surface area contributed by atoms with Gasteiger partial charge in [-0.2, -0.15) is 0 Å². The van der Waals surface area contributed by atoms with Crippen molar-refractivity contribution in [3.8, 4) is 0 Å². The Morgan fingerprint density at radius 3 is 2.94 bits per heavy atom. The summed E-state index contributed by atoms with van der Waals surface area (Å²) in [5, 5.41) is 11.5. The van der Waals surface area contributed by atoms with Crippen LogP contribution in [0.15, 0.2) is 17.5 Å². The number of amidine groups is 1. The molecule has 0 saturated heterocycles. The molecule has 1 rings (SSSR count). The molecule has 96 valence electrons. The lowest BCUT2D eigenvalue weighted by atomic mass is 10.2. The maximum atomic E-state index is 8.51. The average Bonchev–Trinajstić information content (AvgIpc) is 2.71. The van der Waals surface area contributed by atoms with Crippen LogP contribution in [0.25, 0.3) is 0 Å². The molecule has 1 heterocycles. The van der Waals surface area contributed by atoms with Gasteiger partial charge in [-0.05, 0) is 20.9 Å². The summed E-state index contributed by atoms with van der Waals surface area (Å²) in [5.74, 6) is 1.28. The van der Waals surface area contributed by atoms with E-state index in [1.807, 2.05) is 20.2 Å². The summed E-state index contributed by atoms with van der Waals surface area (Å²) < 4.78 is 2.10. The van der Waals surface area contributed by atoms with E-state index in [0.29, 0.717) is 6.42 Å². The van der Waals surface area contributed by atoms with Crippen LogP contribution in [0.5, 0.6) is 0 Å². The van der Waals surface area contributed by atoms with E-state index < -0.39 is 0 Å². The number of nitrogens with two attached hydrogens (primary N) is 1. The van der Waals surface area contributed by atoms with Gasteiger partial charge in [-0.25, -0.2) is 4.98 Å². The number of hydrogen-bond donors (Lipinski definition) is 2. The fourth-order valence-electron chi connectivity index (χ4n) is 1.63. The van der Waals surface area contributed by atoms with Crippen LogP contribution in [-0.2, 0) is 6.54 Å².